The minimum absolute atomic E-state index is 0.0674. The summed E-state index contributed by atoms with van der Waals surface area (Å²) in [6.07, 6.45) is 5.16. The highest BCUT2D eigenvalue weighted by Gasteiger charge is 2.09. The van der Waals surface area contributed by atoms with E-state index >= 15 is 0 Å². The SMILES string of the molecule is CCC(CN)CC(=O)NCCCCCCC(=O)O. The minimum Gasteiger partial charge on any atom is -0.481 e. The number of unbranched alkanes of at least 4 members (excludes halogenated alkanes) is 3. The summed E-state index contributed by atoms with van der Waals surface area (Å²) >= 11 is 0. The van der Waals surface area contributed by atoms with Crippen molar-refractivity contribution in [2.24, 2.45) is 11.7 Å². The summed E-state index contributed by atoms with van der Waals surface area (Å²) in [7, 11) is 0. The number of carbonyl (C=O) groups is 2. The lowest BCUT2D eigenvalue weighted by Crippen LogP contribution is -2.28. The molecule has 18 heavy (non-hydrogen) atoms. The molecular weight excluding hydrogens is 232 g/mol. The van der Waals surface area contributed by atoms with Crippen LogP contribution in [0.15, 0.2) is 0 Å². The first-order valence-corrected chi connectivity index (χ1v) is 6.78. The van der Waals surface area contributed by atoms with Crippen LogP contribution in [0, 0.1) is 5.92 Å². The molecule has 0 spiro atoms. The van der Waals surface area contributed by atoms with Crippen LogP contribution >= 0.6 is 0 Å². The Morgan fingerprint density at radius 2 is 1.89 bits per heavy atom. The second-order valence-electron chi connectivity index (χ2n) is 4.62. The van der Waals surface area contributed by atoms with Gasteiger partial charge in [0.05, 0.1) is 0 Å². The largest absolute Gasteiger partial charge is 0.481 e. The van der Waals surface area contributed by atoms with Crippen LogP contribution in [0.2, 0.25) is 0 Å². The van der Waals surface area contributed by atoms with Gasteiger partial charge in [0.15, 0.2) is 0 Å². The molecule has 5 nitrogen and oxygen atoms in total. The molecule has 0 saturated carbocycles. The van der Waals surface area contributed by atoms with Gasteiger partial charge in [-0.15, -0.1) is 0 Å². The molecule has 0 aromatic carbocycles. The zero-order chi connectivity index (χ0) is 13.8. The number of aliphatic carboxylic acids is 1. The zero-order valence-electron chi connectivity index (χ0n) is 11.3. The Balaban J connectivity index is 3.37. The van der Waals surface area contributed by atoms with E-state index in [2.05, 4.69) is 5.32 Å². The van der Waals surface area contributed by atoms with E-state index < -0.39 is 5.97 Å². The van der Waals surface area contributed by atoms with Gasteiger partial charge < -0.3 is 16.2 Å². The quantitative estimate of drug-likeness (QED) is 0.490. The van der Waals surface area contributed by atoms with E-state index in [-0.39, 0.29) is 18.2 Å². The molecule has 0 fully saturated rings. The Morgan fingerprint density at radius 1 is 1.22 bits per heavy atom. The van der Waals surface area contributed by atoms with Crippen molar-refractivity contribution in [3.05, 3.63) is 0 Å². The van der Waals surface area contributed by atoms with Crippen LogP contribution in [0.4, 0.5) is 0 Å². The first-order chi connectivity index (χ1) is 8.60. The van der Waals surface area contributed by atoms with Crippen LogP contribution in [-0.2, 0) is 9.59 Å². The van der Waals surface area contributed by atoms with E-state index in [1.54, 1.807) is 0 Å². The molecule has 0 rings (SSSR count). The van der Waals surface area contributed by atoms with Gasteiger partial charge in [-0.25, -0.2) is 0 Å². The number of rotatable bonds is 11. The van der Waals surface area contributed by atoms with E-state index in [9.17, 15) is 9.59 Å². The molecule has 0 aliphatic carbocycles. The molecule has 5 heteroatoms. The average Bonchev–Trinajstić information content (AvgIpc) is 2.34. The number of hydrogen-bond donors (Lipinski definition) is 3. The maximum Gasteiger partial charge on any atom is 0.303 e. The molecule has 106 valence electrons. The van der Waals surface area contributed by atoms with Crippen LogP contribution in [0.5, 0.6) is 0 Å². The number of carboxylic acid groups (broad SMARTS) is 1. The fourth-order valence-corrected chi connectivity index (χ4v) is 1.71. The number of carbonyl (C=O) groups excluding carboxylic acids is 1. The van der Waals surface area contributed by atoms with Crippen molar-refractivity contribution < 1.29 is 14.7 Å². The Morgan fingerprint density at radius 3 is 2.44 bits per heavy atom. The standard InChI is InChI=1S/C13H26N2O3/c1-2-11(10-14)9-12(16)15-8-6-4-3-5-7-13(17)18/h11H,2-10,14H2,1H3,(H,15,16)(H,17,18). The van der Waals surface area contributed by atoms with Crippen LogP contribution in [0.25, 0.3) is 0 Å². The zero-order valence-corrected chi connectivity index (χ0v) is 11.3. The monoisotopic (exact) mass is 258 g/mol. The van der Waals surface area contributed by atoms with Gasteiger partial charge in [0.1, 0.15) is 0 Å². The van der Waals surface area contributed by atoms with Crippen LogP contribution in [0.1, 0.15) is 51.9 Å². The van der Waals surface area contributed by atoms with Crippen LogP contribution in [0.3, 0.4) is 0 Å². The molecule has 1 atom stereocenters. The van der Waals surface area contributed by atoms with Gasteiger partial charge in [-0.05, 0) is 25.3 Å². The van der Waals surface area contributed by atoms with Crippen molar-refractivity contribution in [2.75, 3.05) is 13.1 Å². The number of hydrogen-bond acceptors (Lipinski definition) is 3. The molecular formula is C13H26N2O3. The minimum atomic E-state index is -0.740. The molecule has 4 N–H and O–H groups in total. The van der Waals surface area contributed by atoms with E-state index in [0.29, 0.717) is 25.9 Å². The van der Waals surface area contributed by atoms with Crippen molar-refractivity contribution in [1.82, 2.24) is 5.32 Å². The summed E-state index contributed by atoms with van der Waals surface area (Å²) in [6, 6.07) is 0. The van der Waals surface area contributed by atoms with Crippen LogP contribution < -0.4 is 11.1 Å². The fraction of sp³-hybridized carbons (Fsp3) is 0.846. The Hall–Kier alpha value is -1.10. The molecule has 0 aromatic heterocycles. The van der Waals surface area contributed by atoms with Crippen molar-refractivity contribution in [1.29, 1.82) is 0 Å². The normalized spacial score (nSPS) is 12.1. The Bertz CT molecular complexity index is 240. The summed E-state index contributed by atoms with van der Waals surface area (Å²) in [5, 5.41) is 11.3. The molecule has 0 heterocycles. The number of nitrogens with two attached hydrogens (primary N) is 1. The van der Waals surface area contributed by atoms with Crippen molar-refractivity contribution in [3.8, 4) is 0 Å². The van der Waals surface area contributed by atoms with Crippen molar-refractivity contribution >= 4 is 11.9 Å². The van der Waals surface area contributed by atoms with E-state index in [1.807, 2.05) is 6.92 Å². The van der Waals surface area contributed by atoms with E-state index in [0.717, 1.165) is 25.7 Å². The van der Waals surface area contributed by atoms with E-state index in [4.69, 9.17) is 10.8 Å². The molecule has 0 aromatic rings. The van der Waals surface area contributed by atoms with Gasteiger partial charge in [-0.3, -0.25) is 9.59 Å². The van der Waals surface area contributed by atoms with Crippen molar-refractivity contribution in [2.45, 2.75) is 51.9 Å². The van der Waals surface area contributed by atoms with E-state index in [1.165, 1.54) is 0 Å². The number of nitrogens with one attached hydrogen (secondary N) is 1. The number of amides is 1. The van der Waals surface area contributed by atoms with Gasteiger partial charge in [-0.1, -0.05) is 26.2 Å². The fourth-order valence-electron chi connectivity index (χ4n) is 1.71. The third-order valence-corrected chi connectivity index (χ3v) is 3.02. The molecule has 0 radical (unpaired) electrons. The Labute approximate surface area is 109 Å². The molecule has 0 aliphatic rings. The third kappa shape index (κ3) is 10.1. The predicted molar refractivity (Wildman–Crippen MR) is 71.2 cm³/mol. The second-order valence-corrected chi connectivity index (χ2v) is 4.62. The summed E-state index contributed by atoms with van der Waals surface area (Å²) in [5.74, 6) is -0.394. The van der Waals surface area contributed by atoms with Gasteiger partial charge in [0.25, 0.3) is 0 Å². The van der Waals surface area contributed by atoms with Gasteiger partial charge >= 0.3 is 5.97 Å². The summed E-state index contributed by atoms with van der Waals surface area (Å²) in [5.41, 5.74) is 5.54. The highest BCUT2D eigenvalue weighted by Crippen LogP contribution is 2.06. The predicted octanol–water partition coefficient (Wildman–Crippen LogP) is 1.51. The molecule has 1 amide bonds. The molecule has 1 unspecified atom stereocenters. The maximum absolute atomic E-state index is 11.5. The number of carboxylic acids is 1. The Kier molecular flexibility index (Phi) is 10.3. The summed E-state index contributed by atoms with van der Waals surface area (Å²) < 4.78 is 0. The van der Waals surface area contributed by atoms with Crippen molar-refractivity contribution in [3.63, 3.8) is 0 Å². The third-order valence-electron chi connectivity index (χ3n) is 3.02. The van der Waals surface area contributed by atoms with Gasteiger partial charge in [0, 0.05) is 19.4 Å². The lowest BCUT2D eigenvalue weighted by atomic mass is 10.0. The highest BCUT2D eigenvalue weighted by atomic mass is 16.4. The lowest BCUT2D eigenvalue weighted by molar-refractivity contribution is -0.137. The topological polar surface area (TPSA) is 92.4 Å². The molecule has 0 bridgehead atoms. The lowest BCUT2D eigenvalue weighted by Gasteiger charge is -2.11. The summed E-state index contributed by atoms with van der Waals surface area (Å²) in [4.78, 5) is 21.8. The van der Waals surface area contributed by atoms with Gasteiger partial charge in [0.2, 0.25) is 5.91 Å². The molecule has 0 saturated heterocycles. The smallest absolute Gasteiger partial charge is 0.303 e. The highest BCUT2D eigenvalue weighted by molar-refractivity contribution is 5.76. The summed E-state index contributed by atoms with van der Waals surface area (Å²) in [6.45, 7) is 3.26. The van der Waals surface area contributed by atoms with Gasteiger partial charge in [-0.2, -0.15) is 0 Å². The average molecular weight is 258 g/mol. The molecule has 0 aliphatic heterocycles. The maximum atomic E-state index is 11.5. The first-order valence-electron chi connectivity index (χ1n) is 6.78. The first kappa shape index (κ1) is 16.9. The second kappa shape index (κ2) is 11.0. The van der Waals surface area contributed by atoms with Crippen LogP contribution in [-0.4, -0.2) is 30.1 Å².